The van der Waals surface area contributed by atoms with Crippen molar-refractivity contribution < 1.29 is 0 Å². The van der Waals surface area contributed by atoms with Crippen LogP contribution in [-0.4, -0.2) is 0 Å². The zero-order valence-electron chi connectivity index (χ0n) is 7.48. The van der Waals surface area contributed by atoms with Gasteiger partial charge in [-0.25, -0.2) is 0 Å². The van der Waals surface area contributed by atoms with Gasteiger partial charge < -0.3 is 0 Å². The van der Waals surface area contributed by atoms with Gasteiger partial charge in [0.25, 0.3) is 0 Å². The Kier molecular flexibility index (Phi) is 4.97. The molecule has 0 aliphatic rings. The Bertz CT molecular complexity index is 280. The van der Waals surface area contributed by atoms with E-state index in [4.69, 9.17) is 0 Å². The minimum atomic E-state index is 0.462. The van der Waals surface area contributed by atoms with E-state index in [9.17, 15) is 0 Å². The normalized spacial score (nSPS) is 13.7. The summed E-state index contributed by atoms with van der Waals surface area (Å²) in [5.41, 5.74) is 1.35. The summed E-state index contributed by atoms with van der Waals surface area (Å²) in [6, 6.07) is 2.18. The molecule has 0 spiro atoms. The first-order valence-electron chi connectivity index (χ1n) is 4.09. The van der Waals surface area contributed by atoms with Crippen molar-refractivity contribution in [3.63, 3.8) is 0 Å². The summed E-state index contributed by atoms with van der Waals surface area (Å²) in [7, 11) is 0. The van der Waals surface area contributed by atoms with Crippen molar-refractivity contribution in [2.24, 2.45) is 5.92 Å². The molecule has 1 unspecified atom stereocenters. The van der Waals surface area contributed by atoms with Gasteiger partial charge in [-0.2, -0.15) is 0 Å². The molecule has 1 atom stereocenters. The zero-order valence-corrected chi connectivity index (χ0v) is 13.1. The molecule has 74 valence electrons. The molecule has 0 nitrogen and oxygen atoms in total. The average molecular weight is 391 g/mol. The van der Waals surface area contributed by atoms with E-state index < -0.39 is 0 Å². The van der Waals surface area contributed by atoms with Gasteiger partial charge in [-0.15, -0.1) is 11.3 Å². The van der Waals surface area contributed by atoms with Crippen LogP contribution >= 0.6 is 59.1 Å². The van der Waals surface area contributed by atoms with Crippen LogP contribution in [0.25, 0.3) is 0 Å². The third-order valence-corrected chi connectivity index (χ3v) is 4.95. The van der Waals surface area contributed by atoms with Crippen LogP contribution in [0.15, 0.2) is 13.6 Å². The van der Waals surface area contributed by atoms with Crippen LogP contribution in [0.3, 0.4) is 0 Å². The topological polar surface area (TPSA) is 0 Å². The fourth-order valence-electron chi connectivity index (χ4n) is 1.11. The monoisotopic (exact) mass is 388 g/mol. The highest BCUT2D eigenvalue weighted by molar-refractivity contribution is 9.12. The van der Waals surface area contributed by atoms with Gasteiger partial charge in [0.15, 0.2) is 0 Å². The highest BCUT2D eigenvalue weighted by Crippen LogP contribution is 2.41. The summed E-state index contributed by atoms with van der Waals surface area (Å²) in [5, 5.41) is 0. The molecular weight excluding hydrogens is 380 g/mol. The van der Waals surface area contributed by atoms with Gasteiger partial charge in [0.05, 0.1) is 7.57 Å². The van der Waals surface area contributed by atoms with Crippen molar-refractivity contribution in [2.45, 2.75) is 25.1 Å². The Balaban J connectivity index is 2.76. The smallest absolute Gasteiger partial charge is 0.0753 e. The van der Waals surface area contributed by atoms with Crippen molar-refractivity contribution in [3.8, 4) is 0 Å². The second-order valence-electron chi connectivity index (χ2n) is 3.38. The highest BCUT2D eigenvalue weighted by atomic mass is 79.9. The summed E-state index contributed by atoms with van der Waals surface area (Å²) < 4.78 is 2.41. The largest absolute Gasteiger partial charge is 0.121 e. The number of hydrogen-bond donors (Lipinski definition) is 0. The maximum atomic E-state index is 3.71. The Morgan fingerprint density at radius 2 is 2.00 bits per heavy atom. The quantitative estimate of drug-likeness (QED) is 0.576. The van der Waals surface area contributed by atoms with Gasteiger partial charge in [-0.3, -0.25) is 0 Å². The van der Waals surface area contributed by atoms with Gasteiger partial charge in [0.2, 0.25) is 0 Å². The Hall–Kier alpha value is 1.14. The van der Waals surface area contributed by atoms with Crippen molar-refractivity contribution in [1.82, 2.24) is 0 Å². The molecule has 4 heteroatoms. The predicted octanol–water partition coefficient (Wildman–Crippen LogP) is 5.76. The summed E-state index contributed by atoms with van der Waals surface area (Å²) in [6.07, 6.45) is 1.17. The minimum Gasteiger partial charge on any atom is -0.121 e. The third kappa shape index (κ3) is 3.65. The summed E-state index contributed by atoms with van der Waals surface area (Å²) in [4.78, 5) is 0.462. The van der Waals surface area contributed by atoms with Crippen LogP contribution < -0.4 is 0 Å². The SMILES string of the molecule is CC(C)CC(Br)c1cc(Br)sc1Br. The second-order valence-corrected chi connectivity index (χ2v) is 8.23. The Morgan fingerprint density at radius 1 is 1.38 bits per heavy atom. The molecule has 0 N–H and O–H groups in total. The van der Waals surface area contributed by atoms with Crippen LogP contribution in [0.5, 0.6) is 0 Å². The lowest BCUT2D eigenvalue weighted by atomic mass is 10.1. The van der Waals surface area contributed by atoms with E-state index in [1.54, 1.807) is 11.3 Å². The molecule has 0 radical (unpaired) electrons. The fraction of sp³-hybridized carbons (Fsp3) is 0.556. The number of thiophene rings is 1. The van der Waals surface area contributed by atoms with Crippen LogP contribution in [0, 0.1) is 5.92 Å². The van der Waals surface area contributed by atoms with E-state index in [0.29, 0.717) is 4.83 Å². The van der Waals surface area contributed by atoms with Crippen LogP contribution in [0.1, 0.15) is 30.7 Å². The summed E-state index contributed by atoms with van der Waals surface area (Å²) in [6.45, 7) is 4.48. The molecule has 0 amide bonds. The molecule has 13 heavy (non-hydrogen) atoms. The molecule has 0 bridgehead atoms. The van der Waals surface area contributed by atoms with E-state index >= 15 is 0 Å². The van der Waals surface area contributed by atoms with E-state index in [1.165, 1.54) is 19.6 Å². The predicted molar refractivity (Wildman–Crippen MR) is 70.8 cm³/mol. The molecule has 1 aromatic rings. The third-order valence-electron chi connectivity index (χ3n) is 1.70. The van der Waals surface area contributed by atoms with Crippen molar-refractivity contribution in [2.75, 3.05) is 0 Å². The molecule has 0 saturated heterocycles. The van der Waals surface area contributed by atoms with E-state index in [2.05, 4.69) is 67.7 Å². The second kappa shape index (κ2) is 5.29. The van der Waals surface area contributed by atoms with Gasteiger partial charge in [0, 0.05) is 4.83 Å². The molecule has 0 aromatic carbocycles. The lowest BCUT2D eigenvalue weighted by Gasteiger charge is -2.11. The van der Waals surface area contributed by atoms with Crippen molar-refractivity contribution >= 4 is 59.1 Å². The maximum Gasteiger partial charge on any atom is 0.0753 e. The van der Waals surface area contributed by atoms with Gasteiger partial charge in [0.1, 0.15) is 0 Å². The summed E-state index contributed by atoms with van der Waals surface area (Å²) >= 11 is 12.5. The maximum absolute atomic E-state index is 3.71. The van der Waals surface area contributed by atoms with E-state index in [-0.39, 0.29) is 0 Å². The van der Waals surface area contributed by atoms with Gasteiger partial charge in [-0.05, 0) is 55.8 Å². The molecule has 0 aliphatic carbocycles. The zero-order chi connectivity index (χ0) is 10.0. The first-order valence-corrected chi connectivity index (χ1v) is 7.41. The number of rotatable bonds is 3. The van der Waals surface area contributed by atoms with Crippen molar-refractivity contribution in [1.29, 1.82) is 0 Å². The van der Waals surface area contributed by atoms with E-state index in [0.717, 1.165) is 5.92 Å². The molecule has 1 heterocycles. The average Bonchev–Trinajstić information content (AvgIpc) is 2.28. The molecule has 0 saturated carbocycles. The number of alkyl halides is 1. The number of hydrogen-bond acceptors (Lipinski definition) is 1. The van der Waals surface area contributed by atoms with Gasteiger partial charge in [-0.1, -0.05) is 29.8 Å². The number of halogens is 3. The fourth-order valence-corrected chi connectivity index (χ4v) is 5.65. The van der Waals surface area contributed by atoms with Gasteiger partial charge >= 0.3 is 0 Å². The van der Waals surface area contributed by atoms with Crippen LogP contribution in [0.2, 0.25) is 0 Å². The lowest BCUT2D eigenvalue weighted by Crippen LogP contribution is -1.94. The molecule has 0 fully saturated rings. The molecular formula is C9H11Br3S. The van der Waals surface area contributed by atoms with Crippen molar-refractivity contribution in [3.05, 3.63) is 19.2 Å². The first kappa shape index (κ1) is 12.2. The van der Waals surface area contributed by atoms with E-state index in [1.807, 2.05) is 0 Å². The standard InChI is InChI=1S/C9H11Br3S/c1-5(2)3-7(10)6-4-8(11)13-9(6)12/h4-5,7H,3H2,1-2H3. The highest BCUT2D eigenvalue weighted by Gasteiger charge is 2.15. The van der Waals surface area contributed by atoms with Crippen LogP contribution in [-0.2, 0) is 0 Å². The first-order chi connectivity index (χ1) is 6.00. The minimum absolute atomic E-state index is 0.462. The molecule has 0 aliphatic heterocycles. The molecule has 1 rings (SSSR count). The molecule has 1 aromatic heterocycles. The lowest BCUT2D eigenvalue weighted by molar-refractivity contribution is 0.583. The summed E-state index contributed by atoms with van der Waals surface area (Å²) in [5.74, 6) is 0.718. The Morgan fingerprint density at radius 3 is 2.38 bits per heavy atom. The Labute approximate surface area is 108 Å². The van der Waals surface area contributed by atoms with Crippen LogP contribution in [0.4, 0.5) is 0 Å².